The summed E-state index contributed by atoms with van der Waals surface area (Å²) in [7, 11) is 0. The van der Waals surface area contributed by atoms with Crippen molar-refractivity contribution in [3.05, 3.63) is 29.8 Å². The summed E-state index contributed by atoms with van der Waals surface area (Å²) in [4.78, 5) is 13.3. The molecule has 0 unspecified atom stereocenters. The number of nitrogens with one attached hydrogen (secondary N) is 1. The van der Waals surface area contributed by atoms with E-state index in [4.69, 9.17) is 9.47 Å². The normalized spacial score (nSPS) is 20.3. The molecule has 1 aliphatic heterocycles. The maximum atomic E-state index is 12.1. The van der Waals surface area contributed by atoms with Crippen LogP contribution in [0.4, 0.5) is 0 Å². The lowest BCUT2D eigenvalue weighted by Gasteiger charge is -2.35. The molecule has 1 aromatic carbocycles. The van der Waals surface area contributed by atoms with Crippen LogP contribution in [0.15, 0.2) is 29.2 Å². The molecular weight excluding hydrogens is 334 g/mol. The van der Waals surface area contributed by atoms with E-state index >= 15 is 0 Å². The van der Waals surface area contributed by atoms with E-state index in [0.717, 1.165) is 50.3 Å². The summed E-state index contributed by atoms with van der Waals surface area (Å²) < 4.78 is 11.5. The van der Waals surface area contributed by atoms with Gasteiger partial charge in [-0.15, -0.1) is 11.8 Å². The maximum absolute atomic E-state index is 12.1. The van der Waals surface area contributed by atoms with Crippen LogP contribution in [0.3, 0.4) is 0 Å². The Kier molecular flexibility index (Phi) is 6.42. The number of ether oxygens (including phenoxy) is 2. The molecule has 1 N–H and O–H groups in total. The smallest absolute Gasteiger partial charge is 0.230 e. The van der Waals surface area contributed by atoms with Gasteiger partial charge in [0.2, 0.25) is 5.91 Å². The van der Waals surface area contributed by atoms with Gasteiger partial charge in [-0.2, -0.15) is 0 Å². The molecule has 138 valence electrons. The lowest BCUT2D eigenvalue weighted by molar-refractivity contribution is -0.182. The van der Waals surface area contributed by atoms with Gasteiger partial charge in [0.05, 0.1) is 19.0 Å². The molecule has 2 aliphatic rings. The Labute approximate surface area is 155 Å². The van der Waals surface area contributed by atoms with Crippen molar-refractivity contribution in [3.8, 4) is 0 Å². The van der Waals surface area contributed by atoms with Crippen molar-refractivity contribution < 1.29 is 14.3 Å². The number of carbonyl (C=O) groups is 1. The van der Waals surface area contributed by atoms with Crippen LogP contribution in [0.25, 0.3) is 0 Å². The summed E-state index contributed by atoms with van der Waals surface area (Å²) in [5.74, 6) is 1.36. The summed E-state index contributed by atoms with van der Waals surface area (Å²) in [6.07, 6.45) is 4.02. The van der Waals surface area contributed by atoms with Gasteiger partial charge in [0.15, 0.2) is 5.79 Å². The second kappa shape index (κ2) is 8.56. The average Bonchev–Trinajstić information content (AvgIpc) is 3.08. The van der Waals surface area contributed by atoms with E-state index in [9.17, 15) is 4.79 Å². The van der Waals surface area contributed by atoms with Crippen molar-refractivity contribution in [2.45, 2.75) is 56.1 Å². The average molecular weight is 364 g/mol. The number of hydrogen-bond acceptors (Lipinski definition) is 4. The highest BCUT2D eigenvalue weighted by molar-refractivity contribution is 8.00. The van der Waals surface area contributed by atoms with Crippen LogP contribution in [0.2, 0.25) is 0 Å². The first-order valence-electron chi connectivity index (χ1n) is 9.34. The van der Waals surface area contributed by atoms with Gasteiger partial charge in [-0.05, 0) is 42.4 Å². The van der Waals surface area contributed by atoms with Gasteiger partial charge in [0.25, 0.3) is 0 Å². The minimum atomic E-state index is -0.307. The van der Waals surface area contributed by atoms with Crippen molar-refractivity contribution in [2.24, 2.45) is 5.92 Å². The summed E-state index contributed by atoms with van der Waals surface area (Å²) in [5, 5.41) is 3.09. The molecule has 0 atom stereocenters. The number of thioether (sulfide) groups is 1. The molecule has 25 heavy (non-hydrogen) atoms. The molecule has 0 bridgehead atoms. The molecule has 3 rings (SSSR count). The van der Waals surface area contributed by atoms with Crippen LogP contribution in [0.1, 0.15) is 51.0 Å². The van der Waals surface area contributed by atoms with E-state index in [1.54, 1.807) is 11.8 Å². The van der Waals surface area contributed by atoms with E-state index in [0.29, 0.717) is 17.6 Å². The molecule has 1 heterocycles. The fraction of sp³-hybridized carbons (Fsp3) is 0.650. The van der Waals surface area contributed by atoms with E-state index in [1.165, 1.54) is 5.56 Å². The second-order valence-electron chi connectivity index (χ2n) is 7.37. The molecule has 1 aromatic rings. The van der Waals surface area contributed by atoms with Crippen LogP contribution < -0.4 is 5.32 Å². The van der Waals surface area contributed by atoms with Crippen molar-refractivity contribution in [2.75, 3.05) is 25.5 Å². The Morgan fingerprint density at radius 2 is 1.84 bits per heavy atom. The highest BCUT2D eigenvalue weighted by Crippen LogP contribution is 2.38. The Balaban J connectivity index is 1.34. The zero-order valence-corrected chi connectivity index (χ0v) is 16.1. The number of hydrogen-bond donors (Lipinski definition) is 1. The van der Waals surface area contributed by atoms with E-state index in [1.807, 2.05) is 0 Å². The molecule has 1 amide bonds. The molecular formula is C20H29NO3S. The largest absolute Gasteiger partial charge is 0.355 e. The van der Waals surface area contributed by atoms with E-state index in [2.05, 4.69) is 43.4 Å². The Hall–Kier alpha value is -1.04. The van der Waals surface area contributed by atoms with Crippen LogP contribution in [0, 0.1) is 5.92 Å². The van der Waals surface area contributed by atoms with E-state index in [-0.39, 0.29) is 11.7 Å². The number of benzene rings is 1. The monoisotopic (exact) mass is 363 g/mol. The predicted octanol–water partition coefficient (Wildman–Crippen LogP) is 3.95. The minimum absolute atomic E-state index is 0.117. The molecule has 0 radical (unpaired) electrons. The fourth-order valence-corrected chi connectivity index (χ4v) is 4.24. The highest BCUT2D eigenvalue weighted by atomic mass is 32.2. The SMILES string of the molecule is CC(C)c1ccc(SCC(=O)NCC2CCC3(CC2)OCCO3)cc1. The first kappa shape index (κ1) is 18.7. The quantitative estimate of drug-likeness (QED) is 0.778. The molecule has 1 aliphatic carbocycles. The topological polar surface area (TPSA) is 47.6 Å². The lowest BCUT2D eigenvalue weighted by Crippen LogP contribution is -2.39. The molecule has 1 saturated heterocycles. The fourth-order valence-electron chi connectivity index (χ4n) is 3.51. The summed E-state index contributed by atoms with van der Waals surface area (Å²) in [5.41, 5.74) is 1.33. The van der Waals surface area contributed by atoms with Gasteiger partial charge < -0.3 is 14.8 Å². The predicted molar refractivity (Wildman–Crippen MR) is 101 cm³/mol. The molecule has 1 saturated carbocycles. The Morgan fingerprint density at radius 3 is 2.44 bits per heavy atom. The first-order chi connectivity index (χ1) is 12.1. The first-order valence-corrected chi connectivity index (χ1v) is 10.3. The maximum Gasteiger partial charge on any atom is 0.230 e. The number of amides is 1. The highest BCUT2D eigenvalue weighted by Gasteiger charge is 2.40. The van der Waals surface area contributed by atoms with Gasteiger partial charge >= 0.3 is 0 Å². The van der Waals surface area contributed by atoms with Crippen LogP contribution >= 0.6 is 11.8 Å². The third-order valence-corrected chi connectivity index (χ3v) is 6.20. The molecule has 0 aromatic heterocycles. The third-order valence-electron chi connectivity index (χ3n) is 5.19. The van der Waals surface area contributed by atoms with Gasteiger partial charge in [-0.3, -0.25) is 4.79 Å². The third kappa shape index (κ3) is 5.22. The molecule has 2 fully saturated rings. The number of carbonyl (C=O) groups excluding carboxylic acids is 1. The van der Waals surface area contributed by atoms with Crippen molar-refractivity contribution in [1.82, 2.24) is 5.32 Å². The molecule has 4 nitrogen and oxygen atoms in total. The minimum Gasteiger partial charge on any atom is -0.355 e. The lowest BCUT2D eigenvalue weighted by atomic mass is 9.85. The Morgan fingerprint density at radius 1 is 1.20 bits per heavy atom. The van der Waals surface area contributed by atoms with Crippen LogP contribution in [0.5, 0.6) is 0 Å². The van der Waals surface area contributed by atoms with E-state index < -0.39 is 0 Å². The van der Waals surface area contributed by atoms with Crippen LogP contribution in [-0.4, -0.2) is 37.2 Å². The van der Waals surface area contributed by atoms with Gasteiger partial charge in [-0.25, -0.2) is 0 Å². The summed E-state index contributed by atoms with van der Waals surface area (Å²) in [6, 6.07) is 8.51. The molecule has 5 heteroatoms. The second-order valence-corrected chi connectivity index (χ2v) is 8.42. The zero-order chi connectivity index (χ0) is 17.7. The van der Waals surface area contributed by atoms with Crippen molar-refractivity contribution >= 4 is 17.7 Å². The number of rotatable bonds is 6. The van der Waals surface area contributed by atoms with Crippen molar-refractivity contribution in [3.63, 3.8) is 0 Å². The summed E-state index contributed by atoms with van der Waals surface area (Å²) in [6.45, 7) is 6.58. The summed E-state index contributed by atoms with van der Waals surface area (Å²) >= 11 is 1.60. The van der Waals surface area contributed by atoms with Crippen molar-refractivity contribution in [1.29, 1.82) is 0 Å². The Bertz CT molecular complexity index is 557. The van der Waals surface area contributed by atoms with Gasteiger partial charge in [-0.1, -0.05) is 26.0 Å². The zero-order valence-electron chi connectivity index (χ0n) is 15.3. The van der Waals surface area contributed by atoms with Gasteiger partial charge in [0.1, 0.15) is 0 Å². The van der Waals surface area contributed by atoms with Gasteiger partial charge in [0, 0.05) is 24.3 Å². The van der Waals surface area contributed by atoms with Crippen LogP contribution in [-0.2, 0) is 14.3 Å². The standard InChI is InChI=1S/C20H29NO3S/c1-15(2)17-3-5-18(6-4-17)25-14-19(22)21-13-16-7-9-20(10-8-16)23-11-12-24-20/h3-6,15-16H,7-14H2,1-2H3,(H,21,22). The molecule has 1 spiro atoms.